The molecule has 2 amide bonds. The summed E-state index contributed by atoms with van der Waals surface area (Å²) in [6, 6.07) is 6.80. The van der Waals surface area contributed by atoms with Crippen LogP contribution >= 0.6 is 11.6 Å². The number of likely N-dealkylation sites (tertiary alicyclic amines) is 1. The number of benzene rings is 1. The maximum atomic E-state index is 13.0. The molecule has 4 aromatic rings. The van der Waals surface area contributed by atoms with Crippen molar-refractivity contribution < 1.29 is 14.7 Å². The molecular formula is C24H23ClN8O3. The highest BCUT2D eigenvalue weighted by Crippen LogP contribution is 2.30. The molecule has 0 unspecified atom stereocenters. The first-order valence-corrected chi connectivity index (χ1v) is 11.9. The number of carbonyl (C=O) groups excluding carboxylic acids is 2. The number of hydrogen-bond donors (Lipinski definition) is 3. The lowest BCUT2D eigenvalue weighted by Gasteiger charge is -2.37. The molecule has 184 valence electrons. The van der Waals surface area contributed by atoms with Gasteiger partial charge in [-0.1, -0.05) is 11.6 Å². The second-order valence-electron chi connectivity index (χ2n) is 8.73. The van der Waals surface area contributed by atoms with Crippen molar-refractivity contribution in [1.29, 1.82) is 5.26 Å². The van der Waals surface area contributed by atoms with Crippen molar-refractivity contribution in [2.24, 2.45) is 5.92 Å². The number of H-pyrrole nitrogens is 1. The number of nitrogens with zero attached hydrogens (tertiary/aromatic N) is 6. The van der Waals surface area contributed by atoms with Crippen LogP contribution in [0.4, 0.5) is 0 Å². The van der Waals surface area contributed by atoms with Gasteiger partial charge in [0.1, 0.15) is 22.9 Å². The quantitative estimate of drug-likeness (QED) is 0.347. The van der Waals surface area contributed by atoms with E-state index in [0.717, 1.165) is 10.9 Å². The summed E-state index contributed by atoms with van der Waals surface area (Å²) >= 11 is 6.20. The molecule has 11 nitrogen and oxygen atoms in total. The van der Waals surface area contributed by atoms with Crippen molar-refractivity contribution in [2.45, 2.75) is 25.9 Å². The predicted octanol–water partition coefficient (Wildman–Crippen LogP) is 2.11. The van der Waals surface area contributed by atoms with Gasteiger partial charge >= 0.3 is 0 Å². The van der Waals surface area contributed by atoms with Crippen molar-refractivity contribution in [1.82, 2.24) is 34.9 Å². The van der Waals surface area contributed by atoms with E-state index < -0.39 is 11.9 Å². The summed E-state index contributed by atoms with van der Waals surface area (Å²) in [5, 5.41) is 27.0. The van der Waals surface area contributed by atoms with Crippen LogP contribution < -0.4 is 5.32 Å². The number of rotatable bonds is 7. The van der Waals surface area contributed by atoms with Gasteiger partial charge in [0.15, 0.2) is 5.65 Å². The zero-order chi connectivity index (χ0) is 25.4. The Balaban J connectivity index is 1.44. The van der Waals surface area contributed by atoms with E-state index in [4.69, 9.17) is 16.9 Å². The zero-order valence-corrected chi connectivity index (χ0v) is 20.2. The summed E-state index contributed by atoms with van der Waals surface area (Å²) in [5.41, 5.74) is 2.88. The highest BCUT2D eigenvalue weighted by atomic mass is 35.5. The molecule has 0 bridgehead atoms. The number of hydrogen-bond acceptors (Lipinski definition) is 7. The van der Waals surface area contributed by atoms with Crippen LogP contribution in [0.1, 0.15) is 23.7 Å². The second-order valence-corrected chi connectivity index (χ2v) is 9.17. The lowest BCUT2D eigenvalue weighted by atomic mass is 10.0. The number of aliphatic hydroxyl groups is 1. The summed E-state index contributed by atoms with van der Waals surface area (Å²) in [6.07, 6.45) is 3.62. The van der Waals surface area contributed by atoms with E-state index in [0.29, 0.717) is 53.6 Å². The lowest BCUT2D eigenvalue weighted by molar-refractivity contribution is -0.137. The highest BCUT2D eigenvalue weighted by Gasteiger charge is 2.33. The summed E-state index contributed by atoms with van der Waals surface area (Å²) in [4.78, 5) is 39.2. The minimum Gasteiger partial charge on any atom is -0.396 e. The van der Waals surface area contributed by atoms with E-state index in [-0.39, 0.29) is 24.0 Å². The topological polar surface area (TPSA) is 153 Å². The Hall–Kier alpha value is -4.01. The van der Waals surface area contributed by atoms with E-state index in [2.05, 4.69) is 31.4 Å². The summed E-state index contributed by atoms with van der Waals surface area (Å²) in [5.74, 6) is -0.852. The SMILES string of the molecule is C[C@@H](NC(=O)c1c[nH]c2ncc(-c3nn(CCCO)c4cc(Cl)ccc34)nc12)C(=O)N1CC(C#N)C1. The summed E-state index contributed by atoms with van der Waals surface area (Å²) < 4.78 is 1.77. The number of carbonyl (C=O) groups is 2. The maximum Gasteiger partial charge on any atom is 0.255 e. The van der Waals surface area contributed by atoms with Gasteiger partial charge in [-0.15, -0.1) is 0 Å². The molecule has 36 heavy (non-hydrogen) atoms. The van der Waals surface area contributed by atoms with Crippen molar-refractivity contribution in [2.75, 3.05) is 19.7 Å². The molecule has 4 heterocycles. The van der Waals surface area contributed by atoms with Gasteiger partial charge in [0.05, 0.1) is 29.3 Å². The Labute approximate surface area is 210 Å². The summed E-state index contributed by atoms with van der Waals surface area (Å²) in [7, 11) is 0. The number of nitriles is 1. The zero-order valence-electron chi connectivity index (χ0n) is 19.4. The van der Waals surface area contributed by atoms with Crippen molar-refractivity contribution >= 4 is 45.5 Å². The van der Waals surface area contributed by atoms with Gasteiger partial charge in [-0.25, -0.2) is 9.97 Å². The van der Waals surface area contributed by atoms with E-state index in [1.807, 2.05) is 6.07 Å². The number of nitrogens with one attached hydrogen (secondary N) is 2. The smallest absolute Gasteiger partial charge is 0.255 e. The number of aromatic amines is 1. The first-order chi connectivity index (χ1) is 17.4. The number of amides is 2. The number of aliphatic hydroxyl groups excluding tert-OH is 1. The fraction of sp³-hybridized carbons (Fsp3) is 0.333. The first kappa shape index (κ1) is 23.7. The number of aromatic nitrogens is 5. The van der Waals surface area contributed by atoms with Crippen molar-refractivity contribution in [3.8, 4) is 17.5 Å². The molecule has 5 rings (SSSR count). The molecule has 1 aromatic carbocycles. The fourth-order valence-corrected chi connectivity index (χ4v) is 4.42. The Bertz CT molecular complexity index is 1520. The summed E-state index contributed by atoms with van der Waals surface area (Å²) in [6.45, 7) is 2.90. The fourth-order valence-electron chi connectivity index (χ4n) is 4.26. The van der Waals surface area contributed by atoms with Gasteiger partial charge in [0.25, 0.3) is 5.91 Å². The number of fused-ring (bicyclic) bond motifs is 2. The van der Waals surface area contributed by atoms with E-state index in [9.17, 15) is 14.7 Å². The molecule has 1 atom stereocenters. The minimum absolute atomic E-state index is 0.0302. The predicted molar refractivity (Wildman–Crippen MR) is 132 cm³/mol. The second kappa shape index (κ2) is 9.56. The largest absolute Gasteiger partial charge is 0.396 e. The van der Waals surface area contributed by atoms with Crippen LogP contribution in [0, 0.1) is 17.2 Å². The van der Waals surface area contributed by atoms with Crippen LogP contribution in [0.3, 0.4) is 0 Å². The van der Waals surface area contributed by atoms with Crippen molar-refractivity contribution in [3.05, 3.63) is 41.2 Å². The minimum atomic E-state index is -0.755. The molecule has 1 fully saturated rings. The van der Waals surface area contributed by atoms with Gasteiger partial charge in [-0.05, 0) is 31.5 Å². The van der Waals surface area contributed by atoms with Gasteiger partial charge in [0.2, 0.25) is 5.91 Å². The average Bonchev–Trinajstić information content (AvgIpc) is 3.42. The van der Waals surface area contributed by atoms with Crippen LogP contribution in [0.2, 0.25) is 5.02 Å². The lowest BCUT2D eigenvalue weighted by Crippen LogP contribution is -2.55. The Morgan fingerprint density at radius 3 is 2.94 bits per heavy atom. The van der Waals surface area contributed by atoms with Gasteiger partial charge < -0.3 is 20.3 Å². The standard InChI is InChI=1S/C24H23ClN8O3/c1-13(24(36)32-11-14(8-26)12-32)29-23(35)17-9-27-22-21(17)30-18(10-28-22)20-16-4-3-15(25)7-19(16)33(31-20)5-2-6-34/h3-4,7,9-10,13-14,34H,2,5-6,11-12H2,1H3,(H,27,28)(H,29,35)/t13-/m1/s1. The van der Waals surface area contributed by atoms with Crippen LogP contribution in [0.5, 0.6) is 0 Å². The Morgan fingerprint density at radius 2 is 2.19 bits per heavy atom. The molecule has 1 saturated heterocycles. The Kier molecular flexibility index (Phi) is 6.30. The third kappa shape index (κ3) is 4.25. The van der Waals surface area contributed by atoms with Crippen LogP contribution in [-0.2, 0) is 11.3 Å². The van der Waals surface area contributed by atoms with Gasteiger partial charge in [-0.3, -0.25) is 14.3 Å². The number of aryl methyl sites for hydroxylation is 1. The molecule has 12 heteroatoms. The molecule has 1 aliphatic heterocycles. The third-order valence-electron chi connectivity index (χ3n) is 6.20. The molecule has 3 N–H and O–H groups in total. The average molecular weight is 507 g/mol. The highest BCUT2D eigenvalue weighted by molar-refractivity contribution is 6.31. The van der Waals surface area contributed by atoms with E-state index in [1.54, 1.807) is 34.8 Å². The van der Waals surface area contributed by atoms with Crippen LogP contribution in [0.15, 0.2) is 30.6 Å². The monoisotopic (exact) mass is 506 g/mol. The normalized spacial score (nSPS) is 14.6. The number of halogens is 1. The third-order valence-corrected chi connectivity index (χ3v) is 6.44. The molecule has 3 aromatic heterocycles. The molecule has 0 radical (unpaired) electrons. The molecule has 0 saturated carbocycles. The Morgan fingerprint density at radius 1 is 1.39 bits per heavy atom. The van der Waals surface area contributed by atoms with Gasteiger partial charge in [0, 0.05) is 42.8 Å². The van der Waals surface area contributed by atoms with Crippen LogP contribution in [0.25, 0.3) is 33.5 Å². The maximum absolute atomic E-state index is 13.0. The molecule has 1 aliphatic rings. The van der Waals surface area contributed by atoms with E-state index in [1.165, 1.54) is 6.20 Å². The van der Waals surface area contributed by atoms with Crippen LogP contribution in [-0.4, -0.2) is 72.3 Å². The first-order valence-electron chi connectivity index (χ1n) is 11.5. The molecular weight excluding hydrogens is 484 g/mol. The van der Waals surface area contributed by atoms with Crippen molar-refractivity contribution in [3.63, 3.8) is 0 Å². The van der Waals surface area contributed by atoms with Gasteiger partial charge in [-0.2, -0.15) is 10.4 Å². The molecule has 0 spiro atoms. The van der Waals surface area contributed by atoms with E-state index >= 15 is 0 Å². The molecule has 0 aliphatic carbocycles.